The highest BCUT2D eigenvalue weighted by molar-refractivity contribution is 5.98. The number of rotatable bonds is 2. The minimum Gasteiger partial charge on any atom is -0.361 e. The van der Waals surface area contributed by atoms with Gasteiger partial charge in [0.05, 0.1) is 5.56 Å². The van der Waals surface area contributed by atoms with Crippen molar-refractivity contribution in [1.29, 1.82) is 0 Å². The van der Waals surface area contributed by atoms with Gasteiger partial charge in [-0.1, -0.05) is 5.16 Å². The summed E-state index contributed by atoms with van der Waals surface area (Å²) in [5, 5.41) is 6.59. The molecular formula is C15H16N4O3. The van der Waals surface area contributed by atoms with Gasteiger partial charge in [0.1, 0.15) is 5.76 Å². The lowest BCUT2D eigenvalue weighted by Crippen LogP contribution is -2.45. The number of aromatic nitrogens is 2. The standard InChI is InChI=1S/C15H16N4O3/c1-10-6-12(9-16-8-10)14(20)18-4-3-5-19(18)15(21)13-7-11(2)22-17-13/h6-9H,3-5H2,1-2H3. The zero-order chi connectivity index (χ0) is 15.7. The third kappa shape index (κ3) is 2.57. The van der Waals surface area contributed by atoms with Gasteiger partial charge in [0, 0.05) is 31.5 Å². The van der Waals surface area contributed by atoms with Crippen LogP contribution in [0.5, 0.6) is 0 Å². The Morgan fingerprint density at radius 1 is 1.09 bits per heavy atom. The molecule has 0 saturated carbocycles. The highest BCUT2D eigenvalue weighted by Gasteiger charge is 2.33. The first-order valence-corrected chi connectivity index (χ1v) is 7.05. The van der Waals surface area contributed by atoms with Crippen LogP contribution in [0, 0.1) is 13.8 Å². The number of nitrogens with zero attached hydrogens (tertiary/aromatic N) is 4. The summed E-state index contributed by atoms with van der Waals surface area (Å²) in [6.07, 6.45) is 3.92. The Morgan fingerprint density at radius 2 is 1.82 bits per heavy atom. The van der Waals surface area contributed by atoms with E-state index in [1.54, 1.807) is 25.3 Å². The van der Waals surface area contributed by atoms with Crippen LogP contribution < -0.4 is 0 Å². The monoisotopic (exact) mass is 300 g/mol. The van der Waals surface area contributed by atoms with Gasteiger partial charge >= 0.3 is 0 Å². The number of amides is 2. The zero-order valence-electron chi connectivity index (χ0n) is 12.4. The van der Waals surface area contributed by atoms with Crippen LogP contribution in [-0.2, 0) is 0 Å². The van der Waals surface area contributed by atoms with Crippen LogP contribution in [0.4, 0.5) is 0 Å². The molecule has 1 saturated heterocycles. The van der Waals surface area contributed by atoms with Crippen molar-refractivity contribution in [2.45, 2.75) is 20.3 Å². The Bertz CT molecular complexity index is 725. The maximum atomic E-state index is 12.6. The van der Waals surface area contributed by atoms with E-state index in [4.69, 9.17) is 4.52 Å². The first-order valence-electron chi connectivity index (χ1n) is 7.05. The van der Waals surface area contributed by atoms with Gasteiger partial charge in [-0.15, -0.1) is 0 Å². The molecule has 2 aromatic heterocycles. The van der Waals surface area contributed by atoms with Gasteiger partial charge in [0.2, 0.25) is 0 Å². The average Bonchev–Trinajstić information content (AvgIpc) is 3.14. The zero-order valence-corrected chi connectivity index (χ0v) is 12.4. The molecule has 2 amide bonds. The van der Waals surface area contributed by atoms with E-state index >= 15 is 0 Å². The molecule has 0 unspecified atom stereocenters. The van der Waals surface area contributed by atoms with Gasteiger partial charge < -0.3 is 4.52 Å². The summed E-state index contributed by atoms with van der Waals surface area (Å²) in [6, 6.07) is 3.33. The first kappa shape index (κ1) is 14.2. The highest BCUT2D eigenvalue weighted by atomic mass is 16.5. The third-order valence-electron chi connectivity index (χ3n) is 3.47. The second kappa shape index (κ2) is 5.59. The molecule has 1 fully saturated rings. The lowest BCUT2D eigenvalue weighted by molar-refractivity contribution is 0.0179. The molecule has 1 aliphatic rings. The number of carbonyl (C=O) groups excluding carboxylic acids is 2. The molecule has 7 nitrogen and oxygen atoms in total. The van der Waals surface area contributed by atoms with Crippen LogP contribution in [0.2, 0.25) is 0 Å². The van der Waals surface area contributed by atoms with E-state index < -0.39 is 0 Å². The maximum absolute atomic E-state index is 12.6. The lowest BCUT2D eigenvalue weighted by Gasteiger charge is -2.27. The second-order valence-corrected chi connectivity index (χ2v) is 5.28. The molecule has 0 atom stereocenters. The van der Waals surface area contributed by atoms with Gasteiger partial charge in [-0.05, 0) is 31.9 Å². The highest BCUT2D eigenvalue weighted by Crippen LogP contribution is 2.18. The number of pyridine rings is 1. The second-order valence-electron chi connectivity index (χ2n) is 5.28. The number of carbonyl (C=O) groups is 2. The fourth-order valence-electron chi connectivity index (χ4n) is 2.45. The largest absolute Gasteiger partial charge is 0.361 e. The van der Waals surface area contributed by atoms with Crippen LogP contribution in [0.25, 0.3) is 0 Å². The summed E-state index contributed by atoms with van der Waals surface area (Å²) in [7, 11) is 0. The molecule has 7 heteroatoms. The molecule has 3 heterocycles. The van der Waals surface area contributed by atoms with Crippen LogP contribution >= 0.6 is 0 Å². The van der Waals surface area contributed by atoms with Crippen molar-refractivity contribution >= 4 is 11.8 Å². The molecular weight excluding hydrogens is 284 g/mol. The number of aryl methyl sites for hydroxylation is 2. The summed E-state index contributed by atoms with van der Waals surface area (Å²) in [5.41, 5.74) is 1.57. The van der Waals surface area contributed by atoms with E-state index in [2.05, 4.69) is 10.1 Å². The van der Waals surface area contributed by atoms with Crippen molar-refractivity contribution < 1.29 is 14.1 Å². The van der Waals surface area contributed by atoms with Crippen molar-refractivity contribution in [2.24, 2.45) is 0 Å². The molecule has 0 N–H and O–H groups in total. The van der Waals surface area contributed by atoms with Crippen molar-refractivity contribution in [1.82, 2.24) is 20.2 Å². The fourth-order valence-corrected chi connectivity index (χ4v) is 2.45. The molecule has 22 heavy (non-hydrogen) atoms. The van der Waals surface area contributed by atoms with Crippen molar-refractivity contribution in [2.75, 3.05) is 13.1 Å². The molecule has 2 aromatic rings. The Morgan fingerprint density at radius 3 is 2.45 bits per heavy atom. The van der Waals surface area contributed by atoms with Crippen LogP contribution in [0.15, 0.2) is 29.0 Å². The SMILES string of the molecule is Cc1cncc(C(=O)N2CCCN2C(=O)c2cc(C)on2)c1. The van der Waals surface area contributed by atoms with Crippen molar-refractivity contribution in [3.05, 3.63) is 47.1 Å². The van der Waals surface area contributed by atoms with Gasteiger partial charge in [-0.2, -0.15) is 0 Å². The van der Waals surface area contributed by atoms with Crippen LogP contribution in [0.1, 0.15) is 38.6 Å². The molecule has 3 rings (SSSR count). The topological polar surface area (TPSA) is 79.5 Å². The molecule has 114 valence electrons. The van der Waals surface area contributed by atoms with E-state index in [0.717, 1.165) is 12.0 Å². The van der Waals surface area contributed by atoms with Crippen molar-refractivity contribution in [3.63, 3.8) is 0 Å². The van der Waals surface area contributed by atoms with Crippen LogP contribution in [0.3, 0.4) is 0 Å². The summed E-state index contributed by atoms with van der Waals surface area (Å²) in [5.74, 6) is -0.00566. The molecule has 0 spiro atoms. The van der Waals surface area contributed by atoms with Gasteiger partial charge in [-0.3, -0.25) is 14.6 Å². The molecule has 0 aliphatic carbocycles. The number of hydrazine groups is 1. The van der Waals surface area contributed by atoms with E-state index in [1.807, 2.05) is 6.92 Å². The Kier molecular flexibility index (Phi) is 3.62. The summed E-state index contributed by atoms with van der Waals surface area (Å²) >= 11 is 0. The Hall–Kier alpha value is -2.70. The van der Waals surface area contributed by atoms with E-state index in [-0.39, 0.29) is 17.5 Å². The fraction of sp³-hybridized carbons (Fsp3) is 0.333. The van der Waals surface area contributed by atoms with Gasteiger partial charge in [0.15, 0.2) is 5.69 Å². The molecule has 0 bridgehead atoms. The van der Waals surface area contributed by atoms with Crippen LogP contribution in [-0.4, -0.2) is 45.1 Å². The predicted octanol–water partition coefficient (Wildman–Crippen LogP) is 1.59. The summed E-state index contributed by atoms with van der Waals surface area (Å²) in [4.78, 5) is 29.1. The maximum Gasteiger partial charge on any atom is 0.294 e. The normalized spacial score (nSPS) is 14.5. The molecule has 0 aromatic carbocycles. The van der Waals surface area contributed by atoms with Crippen molar-refractivity contribution in [3.8, 4) is 0 Å². The van der Waals surface area contributed by atoms with E-state index in [9.17, 15) is 9.59 Å². The van der Waals surface area contributed by atoms with Gasteiger partial charge in [0.25, 0.3) is 11.8 Å². The summed E-state index contributed by atoms with van der Waals surface area (Å²) in [6.45, 7) is 4.56. The number of hydrogen-bond acceptors (Lipinski definition) is 5. The smallest absolute Gasteiger partial charge is 0.294 e. The first-order chi connectivity index (χ1) is 10.6. The molecule has 0 radical (unpaired) electrons. The predicted molar refractivity (Wildman–Crippen MR) is 76.9 cm³/mol. The average molecular weight is 300 g/mol. The minimum atomic E-state index is -0.330. The molecule has 1 aliphatic heterocycles. The minimum absolute atomic E-state index is 0.208. The summed E-state index contributed by atoms with van der Waals surface area (Å²) < 4.78 is 4.93. The van der Waals surface area contributed by atoms with Gasteiger partial charge in [-0.25, -0.2) is 10.0 Å². The van der Waals surface area contributed by atoms with E-state index in [0.29, 0.717) is 24.4 Å². The number of hydrogen-bond donors (Lipinski definition) is 0. The Labute approximate surface area is 127 Å². The Balaban J connectivity index is 1.84. The van der Waals surface area contributed by atoms with E-state index in [1.165, 1.54) is 16.2 Å². The quantitative estimate of drug-likeness (QED) is 0.841. The third-order valence-corrected chi connectivity index (χ3v) is 3.47. The lowest BCUT2D eigenvalue weighted by atomic mass is 10.2.